The highest BCUT2D eigenvalue weighted by atomic mass is 32.1. The summed E-state index contributed by atoms with van der Waals surface area (Å²) in [6, 6.07) is 6.44. The van der Waals surface area contributed by atoms with Crippen molar-refractivity contribution in [1.29, 1.82) is 0 Å². The molecule has 0 spiro atoms. The van der Waals surface area contributed by atoms with Crippen LogP contribution in [0.25, 0.3) is 10.9 Å². The predicted octanol–water partition coefficient (Wildman–Crippen LogP) is 3.64. The van der Waals surface area contributed by atoms with E-state index in [0.29, 0.717) is 27.3 Å². The van der Waals surface area contributed by atoms with Crippen LogP contribution in [-0.4, -0.2) is 29.0 Å². The number of methoxy groups -OCH3 is 1. The monoisotopic (exact) mass is 426 g/mol. The van der Waals surface area contributed by atoms with Gasteiger partial charge in [0.25, 0.3) is 5.56 Å². The molecule has 8 heteroatoms. The number of nitrogens with one attached hydrogen (secondary N) is 1. The van der Waals surface area contributed by atoms with Crippen molar-refractivity contribution in [2.75, 3.05) is 7.11 Å². The van der Waals surface area contributed by atoms with Gasteiger partial charge in [-0.2, -0.15) is 0 Å². The smallest absolute Gasteiger partial charge is 0.348 e. The highest BCUT2D eigenvalue weighted by Crippen LogP contribution is 2.33. The minimum Gasteiger partial charge on any atom is -0.465 e. The molecule has 3 aromatic rings. The Kier molecular flexibility index (Phi) is 5.67. The van der Waals surface area contributed by atoms with E-state index in [4.69, 9.17) is 9.47 Å². The van der Waals surface area contributed by atoms with E-state index in [2.05, 4.69) is 16.9 Å². The highest BCUT2D eigenvalue weighted by molar-refractivity contribution is 7.14. The van der Waals surface area contributed by atoms with Crippen molar-refractivity contribution in [3.8, 4) is 0 Å². The molecule has 1 atom stereocenters. The van der Waals surface area contributed by atoms with Gasteiger partial charge in [-0.3, -0.25) is 4.79 Å². The summed E-state index contributed by atoms with van der Waals surface area (Å²) in [7, 11) is 1.29. The van der Waals surface area contributed by atoms with Gasteiger partial charge >= 0.3 is 11.9 Å². The van der Waals surface area contributed by atoms with Gasteiger partial charge in [-0.05, 0) is 55.0 Å². The first-order valence-electron chi connectivity index (χ1n) is 9.88. The lowest BCUT2D eigenvalue weighted by molar-refractivity contribution is 0.0467. The molecule has 0 saturated carbocycles. The van der Waals surface area contributed by atoms with Crippen LogP contribution in [-0.2, 0) is 28.9 Å². The van der Waals surface area contributed by atoms with E-state index < -0.39 is 11.9 Å². The number of thiophene rings is 1. The number of ether oxygens (including phenoxy) is 2. The van der Waals surface area contributed by atoms with Crippen molar-refractivity contribution in [2.24, 2.45) is 5.92 Å². The van der Waals surface area contributed by atoms with Crippen LogP contribution >= 0.6 is 11.3 Å². The van der Waals surface area contributed by atoms with Crippen molar-refractivity contribution < 1.29 is 19.1 Å². The summed E-state index contributed by atoms with van der Waals surface area (Å²) in [6.07, 6.45) is 4.33. The molecule has 0 amide bonds. The number of carbonyl (C=O) groups is 2. The van der Waals surface area contributed by atoms with Crippen LogP contribution < -0.4 is 5.56 Å². The number of fused-ring (bicyclic) bond motifs is 2. The number of H-pyrrole nitrogens is 1. The van der Waals surface area contributed by atoms with Crippen LogP contribution in [0.1, 0.15) is 56.1 Å². The van der Waals surface area contributed by atoms with Crippen molar-refractivity contribution in [1.82, 2.24) is 9.97 Å². The highest BCUT2D eigenvalue weighted by Gasteiger charge is 2.23. The van der Waals surface area contributed by atoms with Crippen LogP contribution in [0.2, 0.25) is 0 Å². The summed E-state index contributed by atoms with van der Waals surface area (Å²) in [4.78, 5) is 45.3. The predicted molar refractivity (Wildman–Crippen MR) is 113 cm³/mol. The van der Waals surface area contributed by atoms with E-state index in [1.54, 1.807) is 0 Å². The second-order valence-electron chi connectivity index (χ2n) is 7.39. The van der Waals surface area contributed by atoms with Crippen molar-refractivity contribution >= 4 is 34.2 Å². The molecular weight excluding hydrogens is 404 g/mol. The minimum absolute atomic E-state index is 0.160. The zero-order valence-electron chi connectivity index (χ0n) is 16.8. The number of benzene rings is 1. The number of aryl methyl sites for hydroxylation is 1. The van der Waals surface area contributed by atoms with Crippen LogP contribution in [0.3, 0.4) is 0 Å². The molecule has 0 fully saturated rings. The molecule has 1 aliphatic rings. The molecule has 0 saturated heterocycles. The molecule has 0 radical (unpaired) electrons. The number of hydrogen-bond acceptors (Lipinski definition) is 7. The second kappa shape index (κ2) is 8.39. The number of aromatic amines is 1. The van der Waals surface area contributed by atoms with Crippen molar-refractivity contribution in [2.45, 2.75) is 39.2 Å². The molecule has 1 aromatic carbocycles. The molecule has 4 rings (SSSR count). The topological polar surface area (TPSA) is 98.3 Å². The largest absolute Gasteiger partial charge is 0.465 e. The van der Waals surface area contributed by atoms with Gasteiger partial charge in [0.2, 0.25) is 0 Å². The van der Waals surface area contributed by atoms with Gasteiger partial charge in [0.1, 0.15) is 17.3 Å². The first-order chi connectivity index (χ1) is 14.5. The Morgan fingerprint density at radius 3 is 2.87 bits per heavy atom. The van der Waals surface area contributed by atoms with Gasteiger partial charge in [0.05, 0.1) is 23.6 Å². The van der Waals surface area contributed by atoms with Crippen LogP contribution in [0.4, 0.5) is 0 Å². The molecule has 0 bridgehead atoms. The molecule has 0 aliphatic heterocycles. The summed E-state index contributed by atoms with van der Waals surface area (Å²) in [5.41, 5.74) is 1.52. The third-order valence-electron chi connectivity index (χ3n) is 5.48. The quantitative estimate of drug-likeness (QED) is 0.626. The Morgan fingerprint density at radius 2 is 2.10 bits per heavy atom. The molecule has 2 heterocycles. The fourth-order valence-corrected chi connectivity index (χ4v) is 4.86. The average molecular weight is 426 g/mol. The standard InChI is InChI=1S/C22H22N2O5S/c1-3-12-4-7-17-14(8-12)10-18(30-17)22(27)29-11-19-23-16-9-13(21(26)28-2)5-6-15(16)20(25)24-19/h5-6,9-10,12H,3-4,7-8,11H2,1-2H3,(H,23,24,25). The lowest BCUT2D eigenvalue weighted by Gasteiger charge is -2.19. The summed E-state index contributed by atoms with van der Waals surface area (Å²) in [5.74, 6) is -0.0413. The zero-order valence-corrected chi connectivity index (χ0v) is 17.6. The Morgan fingerprint density at radius 1 is 1.27 bits per heavy atom. The van der Waals surface area contributed by atoms with E-state index in [1.807, 2.05) is 6.07 Å². The van der Waals surface area contributed by atoms with E-state index in [0.717, 1.165) is 25.7 Å². The van der Waals surface area contributed by atoms with Gasteiger partial charge in [-0.25, -0.2) is 14.6 Å². The SMILES string of the molecule is CCC1CCc2sc(C(=O)OCc3nc4cc(C(=O)OC)ccc4c(=O)[nH]3)cc2C1. The molecule has 1 aliphatic carbocycles. The molecular formula is C22H22N2O5S. The lowest BCUT2D eigenvalue weighted by Crippen LogP contribution is -2.15. The van der Waals surface area contributed by atoms with Gasteiger partial charge in [-0.1, -0.05) is 13.3 Å². The minimum atomic E-state index is -0.515. The molecule has 1 unspecified atom stereocenters. The Bertz CT molecular complexity index is 1180. The third-order valence-corrected chi connectivity index (χ3v) is 6.70. The summed E-state index contributed by atoms with van der Waals surface area (Å²) in [6.45, 7) is 2.04. The normalized spacial score (nSPS) is 15.6. The Hall–Kier alpha value is -3.00. The van der Waals surface area contributed by atoms with Crippen LogP contribution in [0.5, 0.6) is 0 Å². The Balaban J connectivity index is 1.50. The van der Waals surface area contributed by atoms with Crippen molar-refractivity contribution in [3.63, 3.8) is 0 Å². The van der Waals surface area contributed by atoms with Crippen molar-refractivity contribution in [3.05, 3.63) is 61.3 Å². The van der Waals surface area contributed by atoms with Gasteiger partial charge in [0.15, 0.2) is 0 Å². The maximum atomic E-state index is 12.5. The van der Waals surface area contributed by atoms with E-state index in [-0.39, 0.29) is 18.0 Å². The maximum absolute atomic E-state index is 12.5. The second-order valence-corrected chi connectivity index (χ2v) is 8.53. The van der Waals surface area contributed by atoms with E-state index in [1.165, 1.54) is 47.1 Å². The number of nitrogens with zero attached hydrogens (tertiary/aromatic N) is 1. The van der Waals surface area contributed by atoms with Gasteiger partial charge in [-0.15, -0.1) is 11.3 Å². The first kappa shape index (κ1) is 20.3. The Labute approximate surface area is 177 Å². The van der Waals surface area contributed by atoms with E-state index >= 15 is 0 Å². The summed E-state index contributed by atoms with van der Waals surface area (Å²) >= 11 is 1.49. The molecule has 1 N–H and O–H groups in total. The summed E-state index contributed by atoms with van der Waals surface area (Å²) in [5, 5.41) is 0.342. The van der Waals surface area contributed by atoms with Crippen LogP contribution in [0, 0.1) is 5.92 Å². The number of esters is 2. The van der Waals surface area contributed by atoms with Gasteiger partial charge in [0, 0.05) is 4.88 Å². The molecule has 156 valence electrons. The van der Waals surface area contributed by atoms with Crippen LogP contribution in [0.15, 0.2) is 29.1 Å². The molecule has 2 aromatic heterocycles. The number of carbonyl (C=O) groups excluding carboxylic acids is 2. The number of rotatable bonds is 5. The third kappa shape index (κ3) is 4.00. The fraction of sp³-hybridized carbons (Fsp3) is 0.364. The van der Waals surface area contributed by atoms with E-state index in [9.17, 15) is 14.4 Å². The first-order valence-corrected chi connectivity index (χ1v) is 10.7. The number of hydrogen-bond donors (Lipinski definition) is 1. The summed E-state index contributed by atoms with van der Waals surface area (Å²) < 4.78 is 10.1. The zero-order chi connectivity index (χ0) is 21.3. The molecule has 30 heavy (non-hydrogen) atoms. The molecule has 7 nitrogen and oxygen atoms in total. The maximum Gasteiger partial charge on any atom is 0.348 e. The fourth-order valence-electron chi connectivity index (χ4n) is 3.75. The van der Waals surface area contributed by atoms with Gasteiger partial charge < -0.3 is 14.5 Å². The average Bonchev–Trinajstić information content (AvgIpc) is 3.19. The number of aromatic nitrogens is 2. The lowest BCUT2D eigenvalue weighted by atomic mass is 9.87.